The van der Waals surface area contributed by atoms with E-state index in [9.17, 15) is 60.7 Å². The highest BCUT2D eigenvalue weighted by molar-refractivity contribution is 7.93. The van der Waals surface area contributed by atoms with Gasteiger partial charge in [0.1, 0.15) is 4.90 Å². The van der Waals surface area contributed by atoms with Crippen LogP contribution >= 0.6 is 0 Å². The molecule has 21 heteroatoms. The number of rotatable bonds is 10. The molecule has 3 aromatic rings. The number of aromatic nitrogens is 2. The van der Waals surface area contributed by atoms with Crippen LogP contribution in [0.15, 0.2) is 46.3 Å². The highest BCUT2D eigenvalue weighted by Gasteiger charge is 2.60. The minimum atomic E-state index is -5.51. The summed E-state index contributed by atoms with van der Waals surface area (Å²) in [5.74, 6) is -4.73. The molecular formula is C24H19F10N3O6S2. The molecule has 248 valence electrons. The number of ether oxygens (including phenoxy) is 2. The van der Waals surface area contributed by atoms with Gasteiger partial charge in [-0.25, -0.2) is 39.0 Å². The van der Waals surface area contributed by atoms with Crippen LogP contribution < -0.4 is 9.46 Å². The van der Waals surface area contributed by atoms with E-state index in [-0.39, 0.29) is 10.0 Å². The molecule has 0 spiro atoms. The van der Waals surface area contributed by atoms with Crippen LogP contribution in [-0.4, -0.2) is 50.8 Å². The largest absolute Gasteiger partial charge is 0.433 e. The van der Waals surface area contributed by atoms with Gasteiger partial charge >= 0.3 is 19.4 Å². The number of fused-ring (bicyclic) bond motifs is 1. The molecule has 45 heavy (non-hydrogen) atoms. The summed E-state index contributed by atoms with van der Waals surface area (Å²) in [4.78, 5) is 1.34. The SMILES string of the molecule is Cc1ccc(S(=O)(=O)n2cc(S(=O)(=O)Nc3nc(C(F)F)c(OC(F)F)cc3F)c3c2C[C@](OC(F)F)(C(F)(F)F)CC3)cc1. The molecule has 1 atom stereocenters. The number of benzene rings is 1. The van der Waals surface area contributed by atoms with Crippen molar-refractivity contribution < 1.29 is 70.2 Å². The lowest BCUT2D eigenvalue weighted by atomic mass is 9.83. The van der Waals surface area contributed by atoms with Crippen LogP contribution in [0.5, 0.6) is 5.75 Å². The second kappa shape index (κ2) is 12.0. The van der Waals surface area contributed by atoms with E-state index < -0.39 is 115 Å². The van der Waals surface area contributed by atoms with Crippen molar-refractivity contribution in [2.45, 2.75) is 67.4 Å². The zero-order chi connectivity index (χ0) is 33.7. The van der Waals surface area contributed by atoms with Gasteiger partial charge in [-0.3, -0.25) is 4.72 Å². The quantitative estimate of drug-likeness (QED) is 0.261. The van der Waals surface area contributed by atoms with Gasteiger partial charge in [0.05, 0.1) is 4.90 Å². The Kier molecular flexibility index (Phi) is 9.12. The number of hydrogen-bond donors (Lipinski definition) is 1. The summed E-state index contributed by atoms with van der Waals surface area (Å²) in [5, 5.41) is 0. The maximum atomic E-state index is 14.7. The molecular weight excluding hydrogens is 680 g/mol. The Morgan fingerprint density at radius 3 is 2.16 bits per heavy atom. The van der Waals surface area contributed by atoms with Gasteiger partial charge in [0.25, 0.3) is 26.5 Å². The third kappa shape index (κ3) is 6.69. The lowest BCUT2D eigenvalue weighted by Crippen LogP contribution is -2.53. The van der Waals surface area contributed by atoms with E-state index in [1.807, 2.05) is 0 Å². The van der Waals surface area contributed by atoms with Gasteiger partial charge in [-0.05, 0) is 37.5 Å². The summed E-state index contributed by atoms with van der Waals surface area (Å²) in [5.41, 5.74) is -6.29. The molecule has 1 N–H and O–H groups in total. The lowest BCUT2D eigenvalue weighted by molar-refractivity contribution is -0.330. The first-order chi connectivity index (χ1) is 20.7. The smallest absolute Gasteiger partial charge is 0.418 e. The zero-order valence-corrected chi connectivity index (χ0v) is 23.9. The number of aryl methyl sites for hydroxylation is 1. The first kappa shape index (κ1) is 34.3. The van der Waals surface area contributed by atoms with Crippen LogP contribution in [0.25, 0.3) is 0 Å². The van der Waals surface area contributed by atoms with Gasteiger partial charge in [0.2, 0.25) is 0 Å². The Morgan fingerprint density at radius 1 is 1.00 bits per heavy atom. The number of nitrogens with zero attached hydrogens (tertiary/aromatic N) is 2. The maximum absolute atomic E-state index is 14.7. The van der Waals surface area contributed by atoms with E-state index in [0.717, 1.165) is 12.1 Å². The predicted molar refractivity (Wildman–Crippen MR) is 133 cm³/mol. The molecule has 0 radical (unpaired) electrons. The Hall–Kier alpha value is -3.59. The third-order valence-electron chi connectivity index (χ3n) is 6.70. The van der Waals surface area contributed by atoms with Crippen LogP contribution in [-0.2, 0) is 37.6 Å². The highest BCUT2D eigenvalue weighted by atomic mass is 32.2. The first-order valence-electron chi connectivity index (χ1n) is 12.2. The molecule has 0 saturated carbocycles. The Balaban J connectivity index is 1.91. The van der Waals surface area contributed by atoms with Crippen molar-refractivity contribution in [1.29, 1.82) is 0 Å². The summed E-state index contributed by atoms with van der Waals surface area (Å²) in [6.07, 6.45) is -12.8. The summed E-state index contributed by atoms with van der Waals surface area (Å²) in [6, 6.07) is 4.65. The molecule has 1 aliphatic carbocycles. The molecule has 0 bridgehead atoms. The van der Waals surface area contributed by atoms with Crippen LogP contribution in [0, 0.1) is 12.7 Å². The molecule has 1 aromatic carbocycles. The number of hydrogen-bond acceptors (Lipinski definition) is 7. The highest BCUT2D eigenvalue weighted by Crippen LogP contribution is 2.47. The van der Waals surface area contributed by atoms with Crippen molar-refractivity contribution in [2.24, 2.45) is 0 Å². The minimum absolute atomic E-state index is 0.0274. The van der Waals surface area contributed by atoms with E-state index >= 15 is 0 Å². The van der Waals surface area contributed by atoms with E-state index in [4.69, 9.17) is 0 Å². The molecule has 0 fully saturated rings. The van der Waals surface area contributed by atoms with Gasteiger partial charge in [0, 0.05) is 24.4 Å². The molecule has 0 saturated heterocycles. The zero-order valence-electron chi connectivity index (χ0n) is 22.3. The molecule has 0 amide bonds. The fourth-order valence-electron chi connectivity index (χ4n) is 4.61. The Bertz CT molecular complexity index is 1800. The van der Waals surface area contributed by atoms with Crippen LogP contribution in [0.2, 0.25) is 0 Å². The van der Waals surface area contributed by atoms with Crippen molar-refractivity contribution in [2.75, 3.05) is 4.72 Å². The number of halogens is 10. The van der Waals surface area contributed by atoms with E-state index in [1.54, 1.807) is 6.92 Å². The molecule has 0 unspecified atom stereocenters. The second-order valence-corrected chi connectivity index (χ2v) is 13.0. The molecule has 0 aliphatic heterocycles. The molecule has 2 aromatic heterocycles. The Morgan fingerprint density at radius 2 is 1.62 bits per heavy atom. The van der Waals surface area contributed by atoms with Gasteiger partial charge in [-0.15, -0.1) is 0 Å². The van der Waals surface area contributed by atoms with Crippen molar-refractivity contribution >= 4 is 25.9 Å². The van der Waals surface area contributed by atoms with Crippen LogP contribution in [0.3, 0.4) is 0 Å². The normalized spacial score (nSPS) is 17.6. The van der Waals surface area contributed by atoms with Crippen molar-refractivity contribution in [1.82, 2.24) is 8.96 Å². The van der Waals surface area contributed by atoms with Crippen LogP contribution in [0.4, 0.5) is 49.7 Å². The van der Waals surface area contributed by atoms with Gasteiger partial charge in [0.15, 0.2) is 28.7 Å². The predicted octanol–water partition coefficient (Wildman–Crippen LogP) is 5.94. The van der Waals surface area contributed by atoms with Gasteiger partial charge in [-0.2, -0.15) is 30.7 Å². The molecule has 1 aliphatic rings. The monoisotopic (exact) mass is 699 g/mol. The summed E-state index contributed by atoms with van der Waals surface area (Å²) in [7, 11) is -10.3. The Labute approximate surface area is 247 Å². The topological polar surface area (TPSA) is 117 Å². The van der Waals surface area contributed by atoms with Crippen molar-refractivity contribution in [3.05, 3.63) is 64.9 Å². The van der Waals surface area contributed by atoms with E-state index in [0.29, 0.717) is 11.8 Å². The minimum Gasteiger partial charge on any atom is -0.433 e. The summed E-state index contributed by atoms with van der Waals surface area (Å²) < 4.78 is 199. The number of alkyl halides is 9. The second-order valence-electron chi connectivity index (χ2n) is 9.57. The number of nitrogens with one attached hydrogen (secondary N) is 1. The number of anilines is 1. The first-order valence-corrected chi connectivity index (χ1v) is 15.1. The summed E-state index contributed by atoms with van der Waals surface area (Å²) >= 11 is 0. The summed E-state index contributed by atoms with van der Waals surface area (Å²) in [6.45, 7) is -6.11. The van der Waals surface area contributed by atoms with Crippen LogP contribution in [0.1, 0.15) is 35.4 Å². The molecule has 9 nitrogen and oxygen atoms in total. The van der Waals surface area contributed by atoms with Gasteiger partial charge in [-0.1, -0.05) is 17.7 Å². The fraction of sp³-hybridized carbons (Fsp3) is 0.375. The molecule has 4 rings (SSSR count). The van der Waals surface area contributed by atoms with Crippen molar-refractivity contribution in [3.8, 4) is 5.75 Å². The fourth-order valence-corrected chi connectivity index (χ4v) is 7.39. The average Bonchev–Trinajstić information content (AvgIpc) is 3.29. The van der Waals surface area contributed by atoms with E-state index in [2.05, 4.69) is 14.5 Å². The maximum Gasteiger partial charge on any atom is 0.418 e. The van der Waals surface area contributed by atoms with Crippen molar-refractivity contribution in [3.63, 3.8) is 0 Å². The number of pyridine rings is 1. The standard InChI is InChI=1S/C24H19F10N3O6S2/c1-11-2-4-12(5-3-11)45(40,41)37-10-17(13-6-7-23(9-15(13)37,24(32,33)34)43-22(30)31)44(38,39)36-20-14(25)8-16(42-21(28)29)18(35-20)19(26)27/h2-5,8,10,19,21-22H,6-7,9H2,1H3,(H,35,36)/t23-/m0/s1. The number of sulfonamides is 1. The molecule has 2 heterocycles. The average molecular weight is 700 g/mol. The third-order valence-corrected chi connectivity index (χ3v) is 9.80. The van der Waals surface area contributed by atoms with E-state index in [1.165, 1.54) is 16.9 Å². The lowest BCUT2D eigenvalue weighted by Gasteiger charge is -2.38. The van der Waals surface area contributed by atoms with Gasteiger partial charge < -0.3 is 9.47 Å².